The van der Waals surface area contributed by atoms with Crippen LogP contribution in [0.4, 0.5) is 0 Å². The monoisotopic (exact) mass is 411 g/mol. The first-order chi connectivity index (χ1) is 14.6. The van der Waals surface area contributed by atoms with Crippen molar-refractivity contribution >= 4 is 11.9 Å². The van der Waals surface area contributed by atoms with E-state index in [2.05, 4.69) is 0 Å². The van der Waals surface area contributed by atoms with Crippen molar-refractivity contribution in [1.82, 2.24) is 4.90 Å². The zero-order valence-electron chi connectivity index (χ0n) is 16.9. The van der Waals surface area contributed by atoms with E-state index in [9.17, 15) is 9.59 Å². The maximum absolute atomic E-state index is 13.4. The number of amides is 1. The van der Waals surface area contributed by atoms with E-state index in [1.54, 1.807) is 17.0 Å². The molecule has 8 heteroatoms. The minimum atomic E-state index is -0.707. The van der Waals surface area contributed by atoms with E-state index >= 15 is 0 Å². The molecule has 0 aromatic heterocycles. The molecular formula is C22H21NO7. The lowest BCUT2D eigenvalue weighted by Gasteiger charge is -2.44. The third-order valence-corrected chi connectivity index (χ3v) is 6.06. The molecule has 2 aromatic rings. The summed E-state index contributed by atoms with van der Waals surface area (Å²) in [6.07, 6.45) is 0.657. The SMILES string of the molecule is COC(=O)[C@H]1c2cc(OC)c(OC)cc2C(=O)N2CCc3cc4c(cc3[C@H]12)OCO4. The maximum atomic E-state index is 13.4. The Hall–Kier alpha value is -3.42. The highest BCUT2D eigenvalue weighted by Crippen LogP contribution is 2.50. The van der Waals surface area contributed by atoms with Gasteiger partial charge < -0.3 is 28.6 Å². The minimum Gasteiger partial charge on any atom is -0.493 e. The zero-order chi connectivity index (χ0) is 21.0. The molecule has 0 aliphatic carbocycles. The van der Waals surface area contributed by atoms with Crippen LogP contribution < -0.4 is 18.9 Å². The predicted molar refractivity (Wildman–Crippen MR) is 104 cm³/mol. The van der Waals surface area contributed by atoms with Crippen LogP contribution in [0.3, 0.4) is 0 Å². The second-order valence-electron chi connectivity index (χ2n) is 7.39. The summed E-state index contributed by atoms with van der Waals surface area (Å²) in [5.74, 6) is 0.911. The maximum Gasteiger partial charge on any atom is 0.315 e. The standard InChI is InChI=1S/C22H21NO7/c1-26-15-8-13-14(9-16(15)27-2)21(24)23-5-4-11-6-17-18(30-10-29-17)7-12(11)20(23)19(13)22(25)28-3/h6-9,19-20H,4-5,10H2,1-3H3/t19-,20+/m0/s1. The van der Waals surface area contributed by atoms with Crippen molar-refractivity contribution in [3.63, 3.8) is 0 Å². The van der Waals surface area contributed by atoms with Gasteiger partial charge in [0.1, 0.15) is 5.92 Å². The molecule has 30 heavy (non-hydrogen) atoms. The number of carbonyl (C=O) groups excluding carboxylic acids is 2. The number of hydrogen-bond donors (Lipinski definition) is 0. The Morgan fingerprint density at radius 3 is 2.40 bits per heavy atom. The first-order valence-electron chi connectivity index (χ1n) is 9.64. The van der Waals surface area contributed by atoms with Gasteiger partial charge in [0, 0.05) is 12.1 Å². The number of fused-ring (bicyclic) bond motifs is 5. The Balaban J connectivity index is 1.73. The van der Waals surface area contributed by atoms with E-state index in [1.807, 2.05) is 12.1 Å². The molecule has 2 aromatic carbocycles. The average Bonchev–Trinajstić information content (AvgIpc) is 3.23. The molecule has 0 saturated heterocycles. The topological polar surface area (TPSA) is 83.5 Å². The van der Waals surface area contributed by atoms with Gasteiger partial charge in [-0.1, -0.05) is 0 Å². The summed E-state index contributed by atoms with van der Waals surface area (Å²) in [6, 6.07) is 6.65. The molecule has 3 heterocycles. The fourth-order valence-electron chi connectivity index (χ4n) is 4.67. The highest BCUT2D eigenvalue weighted by molar-refractivity contribution is 6.01. The molecule has 0 bridgehead atoms. The molecule has 8 nitrogen and oxygen atoms in total. The second-order valence-corrected chi connectivity index (χ2v) is 7.39. The number of ether oxygens (including phenoxy) is 5. The molecule has 0 unspecified atom stereocenters. The molecule has 2 atom stereocenters. The third-order valence-electron chi connectivity index (χ3n) is 6.06. The lowest BCUT2D eigenvalue weighted by Crippen LogP contribution is -2.48. The van der Waals surface area contributed by atoms with Crippen molar-refractivity contribution in [2.24, 2.45) is 0 Å². The summed E-state index contributed by atoms with van der Waals surface area (Å²) in [7, 11) is 4.38. The third kappa shape index (κ3) is 2.52. The number of hydrogen-bond acceptors (Lipinski definition) is 7. The number of benzene rings is 2. The molecule has 1 amide bonds. The normalized spacial score (nSPS) is 20.8. The Labute approximate surface area is 173 Å². The summed E-state index contributed by atoms with van der Waals surface area (Å²) in [5, 5.41) is 0. The van der Waals surface area contributed by atoms with Crippen molar-refractivity contribution < 1.29 is 33.3 Å². The van der Waals surface area contributed by atoms with Gasteiger partial charge in [-0.3, -0.25) is 9.59 Å². The Morgan fingerprint density at radius 1 is 1.00 bits per heavy atom. The van der Waals surface area contributed by atoms with Crippen LogP contribution in [0.2, 0.25) is 0 Å². The molecular weight excluding hydrogens is 390 g/mol. The van der Waals surface area contributed by atoms with Crippen LogP contribution in [0.5, 0.6) is 23.0 Å². The van der Waals surface area contributed by atoms with Crippen LogP contribution in [-0.2, 0) is 16.0 Å². The van der Waals surface area contributed by atoms with E-state index < -0.39 is 17.9 Å². The van der Waals surface area contributed by atoms with Crippen LogP contribution >= 0.6 is 0 Å². The van der Waals surface area contributed by atoms with Crippen molar-refractivity contribution in [3.8, 4) is 23.0 Å². The van der Waals surface area contributed by atoms with Gasteiger partial charge in [-0.25, -0.2) is 0 Å². The molecule has 0 radical (unpaired) electrons. The number of methoxy groups -OCH3 is 3. The van der Waals surface area contributed by atoms with Crippen molar-refractivity contribution in [2.45, 2.75) is 18.4 Å². The lowest BCUT2D eigenvalue weighted by atomic mass is 9.76. The minimum absolute atomic E-state index is 0.153. The van der Waals surface area contributed by atoms with Crippen LogP contribution in [0.15, 0.2) is 24.3 Å². The first-order valence-corrected chi connectivity index (χ1v) is 9.64. The highest BCUT2D eigenvalue weighted by atomic mass is 16.7. The quantitative estimate of drug-likeness (QED) is 0.718. The second kappa shape index (κ2) is 6.83. The van der Waals surface area contributed by atoms with Gasteiger partial charge in [0.05, 0.1) is 27.4 Å². The first kappa shape index (κ1) is 18.6. The molecule has 3 aliphatic rings. The van der Waals surface area contributed by atoms with E-state index in [0.29, 0.717) is 47.1 Å². The number of nitrogens with zero attached hydrogens (tertiary/aromatic N) is 1. The lowest BCUT2D eigenvalue weighted by molar-refractivity contribution is -0.144. The van der Waals surface area contributed by atoms with E-state index in [1.165, 1.54) is 21.3 Å². The van der Waals surface area contributed by atoms with Gasteiger partial charge in [0.25, 0.3) is 5.91 Å². The van der Waals surface area contributed by atoms with E-state index in [-0.39, 0.29) is 12.7 Å². The summed E-state index contributed by atoms with van der Waals surface area (Å²) >= 11 is 0. The van der Waals surface area contributed by atoms with E-state index in [0.717, 1.165) is 11.1 Å². The highest BCUT2D eigenvalue weighted by Gasteiger charge is 2.48. The van der Waals surface area contributed by atoms with Gasteiger partial charge in [0.15, 0.2) is 23.0 Å². The van der Waals surface area contributed by atoms with E-state index in [4.69, 9.17) is 23.7 Å². The molecule has 5 rings (SSSR count). The number of esters is 1. The fraction of sp³-hybridized carbons (Fsp3) is 0.364. The largest absolute Gasteiger partial charge is 0.493 e. The van der Waals surface area contributed by atoms with Crippen LogP contribution in [0.1, 0.15) is 39.0 Å². The van der Waals surface area contributed by atoms with Gasteiger partial charge in [-0.15, -0.1) is 0 Å². The van der Waals surface area contributed by atoms with Gasteiger partial charge in [-0.2, -0.15) is 0 Å². The smallest absolute Gasteiger partial charge is 0.315 e. The van der Waals surface area contributed by atoms with Crippen LogP contribution in [0, 0.1) is 0 Å². The van der Waals surface area contributed by atoms with Crippen molar-refractivity contribution in [2.75, 3.05) is 34.7 Å². The molecule has 156 valence electrons. The number of rotatable bonds is 3. The Morgan fingerprint density at radius 2 is 1.70 bits per heavy atom. The molecule has 0 spiro atoms. The Kier molecular flexibility index (Phi) is 4.23. The molecule has 0 fully saturated rings. The molecule has 0 saturated carbocycles. The average molecular weight is 411 g/mol. The van der Waals surface area contributed by atoms with Crippen molar-refractivity contribution in [3.05, 3.63) is 46.5 Å². The van der Waals surface area contributed by atoms with Gasteiger partial charge in [0.2, 0.25) is 6.79 Å². The van der Waals surface area contributed by atoms with Crippen LogP contribution in [-0.4, -0.2) is 51.4 Å². The zero-order valence-corrected chi connectivity index (χ0v) is 16.9. The van der Waals surface area contributed by atoms with Gasteiger partial charge >= 0.3 is 5.97 Å². The van der Waals surface area contributed by atoms with Crippen LogP contribution in [0.25, 0.3) is 0 Å². The summed E-state index contributed by atoms with van der Waals surface area (Å²) in [4.78, 5) is 28.2. The summed E-state index contributed by atoms with van der Waals surface area (Å²) < 4.78 is 27.0. The summed E-state index contributed by atoms with van der Waals surface area (Å²) in [5.41, 5.74) is 2.89. The predicted octanol–water partition coefficient (Wildman–Crippen LogP) is 2.44. The summed E-state index contributed by atoms with van der Waals surface area (Å²) in [6.45, 7) is 0.642. The van der Waals surface area contributed by atoms with Crippen molar-refractivity contribution in [1.29, 1.82) is 0 Å². The number of carbonyl (C=O) groups is 2. The van der Waals surface area contributed by atoms with Gasteiger partial charge in [-0.05, 0) is 47.4 Å². The molecule has 3 aliphatic heterocycles. The fourth-order valence-corrected chi connectivity index (χ4v) is 4.67. The molecule has 0 N–H and O–H groups in total. The Bertz CT molecular complexity index is 1060.